The third-order valence-corrected chi connectivity index (χ3v) is 1.91. The van der Waals surface area contributed by atoms with E-state index in [9.17, 15) is 0 Å². The van der Waals surface area contributed by atoms with E-state index in [0.717, 1.165) is 19.3 Å². The van der Waals surface area contributed by atoms with Crippen molar-refractivity contribution in [3.05, 3.63) is 30.1 Å². The number of hydrogen-bond donors (Lipinski definition) is 1. The summed E-state index contributed by atoms with van der Waals surface area (Å²) in [5.74, 6) is 0. The summed E-state index contributed by atoms with van der Waals surface area (Å²) in [6.07, 6.45) is 6.85. The molecule has 1 aromatic rings. The van der Waals surface area contributed by atoms with Gasteiger partial charge in [-0.15, -0.1) is 0 Å². The number of rotatable bonds is 4. The van der Waals surface area contributed by atoms with Gasteiger partial charge in [0.25, 0.3) is 0 Å². The molecule has 1 unspecified atom stereocenters. The van der Waals surface area contributed by atoms with Crippen LogP contribution in [0.3, 0.4) is 0 Å². The summed E-state index contributed by atoms with van der Waals surface area (Å²) in [6, 6.07) is 4.35. The van der Waals surface area contributed by atoms with Crippen LogP contribution >= 0.6 is 0 Å². The Hall–Kier alpha value is -0.890. The van der Waals surface area contributed by atoms with E-state index in [4.69, 9.17) is 5.73 Å². The van der Waals surface area contributed by atoms with E-state index < -0.39 is 0 Å². The molecule has 1 heterocycles. The molecule has 0 aromatic carbocycles. The van der Waals surface area contributed by atoms with Gasteiger partial charge in [0, 0.05) is 18.4 Å². The van der Waals surface area contributed by atoms with Crippen LogP contribution in [0.4, 0.5) is 0 Å². The van der Waals surface area contributed by atoms with Crippen molar-refractivity contribution >= 4 is 0 Å². The lowest BCUT2D eigenvalue weighted by atomic mass is 10.0. The lowest BCUT2D eigenvalue weighted by Crippen LogP contribution is -2.22. The third-order valence-electron chi connectivity index (χ3n) is 1.91. The predicted octanol–water partition coefficient (Wildman–Crippen LogP) is 1.75. The molecule has 0 bridgehead atoms. The summed E-state index contributed by atoms with van der Waals surface area (Å²) in [4.78, 5) is 3.96. The van der Waals surface area contributed by atoms with Gasteiger partial charge >= 0.3 is 0 Å². The zero-order chi connectivity index (χ0) is 8.81. The minimum absolute atomic E-state index is 0.303. The molecule has 0 saturated heterocycles. The van der Waals surface area contributed by atoms with Crippen LogP contribution in [-0.2, 0) is 6.42 Å². The molecule has 0 fully saturated rings. The fourth-order valence-corrected chi connectivity index (χ4v) is 1.29. The predicted molar refractivity (Wildman–Crippen MR) is 50.8 cm³/mol. The topological polar surface area (TPSA) is 38.9 Å². The van der Waals surface area contributed by atoms with E-state index in [0.29, 0.717) is 6.04 Å². The van der Waals surface area contributed by atoms with Gasteiger partial charge in [0.15, 0.2) is 0 Å². The highest BCUT2D eigenvalue weighted by Gasteiger charge is 2.01. The van der Waals surface area contributed by atoms with E-state index in [-0.39, 0.29) is 0 Å². The number of nitrogens with zero attached hydrogens (tertiary/aromatic N) is 1. The highest BCUT2D eigenvalue weighted by atomic mass is 14.6. The Balaban J connectivity index is 2.41. The van der Waals surface area contributed by atoms with Crippen molar-refractivity contribution in [3.8, 4) is 0 Å². The number of pyridine rings is 1. The van der Waals surface area contributed by atoms with E-state index in [1.165, 1.54) is 5.56 Å². The lowest BCUT2D eigenvalue weighted by Gasteiger charge is -2.09. The van der Waals surface area contributed by atoms with Gasteiger partial charge in [-0.1, -0.05) is 13.3 Å². The van der Waals surface area contributed by atoms with Crippen molar-refractivity contribution in [1.29, 1.82) is 0 Å². The molecule has 1 aromatic heterocycles. The molecular weight excluding hydrogens is 148 g/mol. The van der Waals surface area contributed by atoms with Gasteiger partial charge in [-0.3, -0.25) is 4.98 Å². The van der Waals surface area contributed by atoms with Crippen LogP contribution in [-0.4, -0.2) is 11.0 Å². The Morgan fingerprint density at radius 3 is 2.67 bits per heavy atom. The molecule has 0 aliphatic carbocycles. The minimum atomic E-state index is 0.303. The fourth-order valence-electron chi connectivity index (χ4n) is 1.29. The Morgan fingerprint density at radius 2 is 2.08 bits per heavy atom. The summed E-state index contributed by atoms with van der Waals surface area (Å²) in [5.41, 5.74) is 7.18. The molecule has 0 aliphatic rings. The first kappa shape index (κ1) is 9.20. The standard InChI is InChI=1S/C10H16N2/c1-2-3-10(11)8-9-4-6-12-7-5-9/h4-7,10H,2-3,8,11H2,1H3. The van der Waals surface area contributed by atoms with Gasteiger partial charge in [0.1, 0.15) is 0 Å². The molecule has 66 valence electrons. The first-order valence-electron chi connectivity index (χ1n) is 4.47. The summed E-state index contributed by atoms with van der Waals surface area (Å²) < 4.78 is 0. The van der Waals surface area contributed by atoms with Gasteiger partial charge in [0.05, 0.1) is 0 Å². The highest BCUT2D eigenvalue weighted by Crippen LogP contribution is 2.03. The number of aromatic nitrogens is 1. The molecule has 0 amide bonds. The largest absolute Gasteiger partial charge is 0.327 e. The van der Waals surface area contributed by atoms with Crippen LogP contribution in [0, 0.1) is 0 Å². The van der Waals surface area contributed by atoms with Gasteiger partial charge < -0.3 is 5.73 Å². The van der Waals surface area contributed by atoms with E-state index >= 15 is 0 Å². The highest BCUT2D eigenvalue weighted by molar-refractivity contribution is 5.10. The average molecular weight is 164 g/mol. The molecule has 1 atom stereocenters. The lowest BCUT2D eigenvalue weighted by molar-refractivity contribution is 0.600. The molecule has 0 radical (unpaired) electrons. The normalized spacial score (nSPS) is 12.8. The molecule has 12 heavy (non-hydrogen) atoms. The fraction of sp³-hybridized carbons (Fsp3) is 0.500. The van der Waals surface area contributed by atoms with Gasteiger partial charge in [-0.2, -0.15) is 0 Å². The van der Waals surface area contributed by atoms with Gasteiger partial charge in [-0.05, 0) is 30.5 Å². The quantitative estimate of drug-likeness (QED) is 0.736. The molecule has 2 N–H and O–H groups in total. The number of hydrogen-bond acceptors (Lipinski definition) is 2. The average Bonchev–Trinajstić information content (AvgIpc) is 2.06. The van der Waals surface area contributed by atoms with Crippen LogP contribution in [0.5, 0.6) is 0 Å². The maximum absolute atomic E-state index is 5.90. The molecule has 2 heteroatoms. The summed E-state index contributed by atoms with van der Waals surface area (Å²) in [6.45, 7) is 2.16. The maximum Gasteiger partial charge on any atom is 0.0270 e. The molecule has 1 rings (SSSR count). The second kappa shape index (κ2) is 4.88. The Bertz CT molecular complexity index is 208. The van der Waals surface area contributed by atoms with E-state index in [1.807, 2.05) is 24.5 Å². The van der Waals surface area contributed by atoms with Crippen molar-refractivity contribution in [2.75, 3.05) is 0 Å². The summed E-state index contributed by atoms with van der Waals surface area (Å²) in [5, 5.41) is 0. The van der Waals surface area contributed by atoms with E-state index in [1.54, 1.807) is 0 Å². The van der Waals surface area contributed by atoms with E-state index in [2.05, 4.69) is 11.9 Å². The SMILES string of the molecule is CCCC(N)Cc1ccncc1. The molecular formula is C10H16N2. The Labute approximate surface area is 73.8 Å². The van der Waals surface area contributed by atoms with Crippen molar-refractivity contribution in [1.82, 2.24) is 4.98 Å². The smallest absolute Gasteiger partial charge is 0.0270 e. The summed E-state index contributed by atoms with van der Waals surface area (Å²) >= 11 is 0. The van der Waals surface area contributed by atoms with Crippen molar-refractivity contribution in [2.24, 2.45) is 5.73 Å². The molecule has 2 nitrogen and oxygen atoms in total. The molecule has 0 spiro atoms. The summed E-state index contributed by atoms with van der Waals surface area (Å²) in [7, 11) is 0. The van der Waals surface area contributed by atoms with Crippen LogP contribution < -0.4 is 5.73 Å². The van der Waals surface area contributed by atoms with Crippen LogP contribution in [0.25, 0.3) is 0 Å². The van der Waals surface area contributed by atoms with Gasteiger partial charge in [-0.25, -0.2) is 0 Å². The van der Waals surface area contributed by atoms with Crippen LogP contribution in [0.1, 0.15) is 25.3 Å². The van der Waals surface area contributed by atoms with Crippen molar-refractivity contribution in [2.45, 2.75) is 32.2 Å². The number of nitrogens with two attached hydrogens (primary N) is 1. The second-order valence-electron chi connectivity index (χ2n) is 3.11. The maximum atomic E-state index is 5.90. The van der Waals surface area contributed by atoms with Crippen LogP contribution in [0.2, 0.25) is 0 Å². The Morgan fingerprint density at radius 1 is 1.42 bits per heavy atom. The van der Waals surface area contributed by atoms with Crippen molar-refractivity contribution < 1.29 is 0 Å². The van der Waals surface area contributed by atoms with Gasteiger partial charge in [0.2, 0.25) is 0 Å². The van der Waals surface area contributed by atoms with Crippen LogP contribution in [0.15, 0.2) is 24.5 Å². The molecule has 0 aliphatic heterocycles. The third kappa shape index (κ3) is 3.01. The monoisotopic (exact) mass is 164 g/mol. The first-order valence-corrected chi connectivity index (χ1v) is 4.47. The Kier molecular flexibility index (Phi) is 3.74. The first-order chi connectivity index (χ1) is 5.83. The zero-order valence-electron chi connectivity index (χ0n) is 7.53. The minimum Gasteiger partial charge on any atom is -0.327 e. The second-order valence-corrected chi connectivity index (χ2v) is 3.11. The van der Waals surface area contributed by atoms with Crippen molar-refractivity contribution in [3.63, 3.8) is 0 Å². The zero-order valence-corrected chi connectivity index (χ0v) is 7.53. The molecule has 0 saturated carbocycles.